The molecule has 0 N–H and O–H groups in total. The van der Waals surface area contributed by atoms with Crippen LogP contribution in [0.15, 0.2) is 36.4 Å². The third-order valence-electron chi connectivity index (χ3n) is 3.91. The number of amides is 1. The maximum Gasteiger partial charge on any atom is 0.269 e. The van der Waals surface area contributed by atoms with Gasteiger partial charge in [-0.3, -0.25) is 14.9 Å². The Morgan fingerprint density at radius 2 is 2.12 bits per heavy atom. The Balaban J connectivity index is 1.72. The Morgan fingerprint density at radius 3 is 2.88 bits per heavy atom. The molecule has 1 aliphatic rings. The van der Waals surface area contributed by atoms with E-state index in [1.54, 1.807) is 23.1 Å². The average Bonchev–Trinajstić information content (AvgIpc) is 2.98. The zero-order valence-corrected chi connectivity index (χ0v) is 13.7. The summed E-state index contributed by atoms with van der Waals surface area (Å²) >= 11 is 6.05. The van der Waals surface area contributed by atoms with E-state index < -0.39 is 4.92 Å². The van der Waals surface area contributed by atoms with Crippen LogP contribution in [0.3, 0.4) is 0 Å². The average molecular weight is 347 g/mol. The lowest BCUT2D eigenvalue weighted by atomic mass is 10.1. The van der Waals surface area contributed by atoms with Gasteiger partial charge in [0.1, 0.15) is 5.75 Å². The molecule has 0 fully saturated rings. The molecule has 0 aromatic heterocycles. The van der Waals surface area contributed by atoms with Crippen molar-refractivity contribution in [3.8, 4) is 5.75 Å². The van der Waals surface area contributed by atoms with Gasteiger partial charge < -0.3 is 9.64 Å². The molecule has 24 heavy (non-hydrogen) atoms. The van der Waals surface area contributed by atoms with E-state index in [0.29, 0.717) is 29.4 Å². The van der Waals surface area contributed by atoms with Gasteiger partial charge in [-0.2, -0.15) is 0 Å². The number of fused-ring (bicyclic) bond motifs is 1. The summed E-state index contributed by atoms with van der Waals surface area (Å²) in [6.07, 6.45) is 0.591. The van der Waals surface area contributed by atoms with Crippen LogP contribution in [0.25, 0.3) is 0 Å². The summed E-state index contributed by atoms with van der Waals surface area (Å²) in [5, 5.41) is 11.3. The molecular formula is C17H15ClN2O4. The second-order valence-electron chi connectivity index (χ2n) is 5.59. The third-order valence-corrected chi connectivity index (χ3v) is 4.22. The Morgan fingerprint density at radius 1 is 1.33 bits per heavy atom. The molecule has 0 radical (unpaired) electrons. The van der Waals surface area contributed by atoms with Crippen LogP contribution in [-0.2, 0) is 11.2 Å². The summed E-state index contributed by atoms with van der Waals surface area (Å²) in [6.45, 7) is 2.26. The first kappa shape index (κ1) is 16.3. The topological polar surface area (TPSA) is 72.7 Å². The van der Waals surface area contributed by atoms with E-state index >= 15 is 0 Å². The second kappa shape index (κ2) is 6.49. The van der Waals surface area contributed by atoms with Crippen molar-refractivity contribution in [3.05, 3.63) is 62.7 Å². The predicted octanol–water partition coefficient (Wildman–Crippen LogP) is 3.52. The van der Waals surface area contributed by atoms with E-state index in [9.17, 15) is 14.9 Å². The number of carbonyl (C=O) groups is 1. The van der Waals surface area contributed by atoms with Crippen molar-refractivity contribution in [3.63, 3.8) is 0 Å². The molecule has 1 aliphatic heterocycles. The van der Waals surface area contributed by atoms with Crippen LogP contribution in [0.4, 0.5) is 11.4 Å². The number of non-ortho nitro benzene ring substituents is 1. The van der Waals surface area contributed by atoms with Crippen LogP contribution in [-0.4, -0.2) is 24.0 Å². The Kier molecular flexibility index (Phi) is 4.40. The lowest BCUT2D eigenvalue weighted by Gasteiger charge is -2.18. The molecule has 3 rings (SSSR count). The highest BCUT2D eigenvalue weighted by molar-refractivity contribution is 6.32. The first-order valence-corrected chi connectivity index (χ1v) is 7.80. The van der Waals surface area contributed by atoms with Gasteiger partial charge in [-0.15, -0.1) is 0 Å². The number of nitrogens with zero attached hydrogens (tertiary/aromatic N) is 2. The normalized spacial score (nSPS) is 12.8. The minimum absolute atomic E-state index is 0.0332. The van der Waals surface area contributed by atoms with Crippen LogP contribution in [0.5, 0.6) is 5.75 Å². The van der Waals surface area contributed by atoms with Crippen molar-refractivity contribution in [2.45, 2.75) is 13.3 Å². The fraction of sp³-hybridized carbons (Fsp3) is 0.235. The highest BCUT2D eigenvalue weighted by Gasteiger charge is 2.26. The number of carbonyl (C=O) groups excluding carboxylic acids is 1. The van der Waals surface area contributed by atoms with Crippen molar-refractivity contribution in [1.82, 2.24) is 0 Å². The van der Waals surface area contributed by atoms with Crippen molar-refractivity contribution in [2.24, 2.45) is 0 Å². The fourth-order valence-corrected chi connectivity index (χ4v) is 2.87. The van der Waals surface area contributed by atoms with Gasteiger partial charge in [0, 0.05) is 24.4 Å². The number of ether oxygens (including phenoxy) is 1. The summed E-state index contributed by atoms with van der Waals surface area (Å²) in [4.78, 5) is 24.4. The van der Waals surface area contributed by atoms with Crippen LogP contribution >= 0.6 is 11.6 Å². The van der Waals surface area contributed by atoms with Crippen molar-refractivity contribution in [2.75, 3.05) is 18.1 Å². The summed E-state index contributed by atoms with van der Waals surface area (Å²) < 4.78 is 5.54. The molecule has 0 aliphatic carbocycles. The lowest BCUT2D eigenvalue weighted by Crippen LogP contribution is -2.33. The number of nitro benzene ring substituents is 1. The third kappa shape index (κ3) is 3.19. The van der Waals surface area contributed by atoms with Crippen LogP contribution < -0.4 is 9.64 Å². The number of benzene rings is 2. The number of halogens is 1. The molecule has 0 saturated heterocycles. The summed E-state index contributed by atoms with van der Waals surface area (Å²) in [5.74, 6) is 0.258. The molecule has 1 heterocycles. The Bertz CT molecular complexity index is 822. The maximum atomic E-state index is 12.4. The minimum Gasteiger partial charge on any atom is -0.482 e. The predicted molar refractivity (Wildman–Crippen MR) is 90.8 cm³/mol. The quantitative estimate of drug-likeness (QED) is 0.627. The van der Waals surface area contributed by atoms with Gasteiger partial charge in [-0.25, -0.2) is 0 Å². The van der Waals surface area contributed by atoms with Gasteiger partial charge in [0.2, 0.25) is 0 Å². The van der Waals surface area contributed by atoms with Crippen molar-refractivity contribution in [1.29, 1.82) is 0 Å². The van der Waals surface area contributed by atoms with E-state index in [4.69, 9.17) is 16.3 Å². The summed E-state index contributed by atoms with van der Waals surface area (Å²) in [7, 11) is 0. The molecular weight excluding hydrogens is 332 g/mol. The number of nitro groups is 1. The van der Waals surface area contributed by atoms with Crippen LogP contribution in [0.2, 0.25) is 5.02 Å². The lowest BCUT2D eigenvalue weighted by molar-refractivity contribution is -0.384. The fourth-order valence-electron chi connectivity index (χ4n) is 2.70. The highest BCUT2D eigenvalue weighted by Crippen LogP contribution is 2.31. The molecule has 0 unspecified atom stereocenters. The smallest absolute Gasteiger partial charge is 0.269 e. The molecule has 0 bridgehead atoms. The van der Waals surface area contributed by atoms with Gasteiger partial charge >= 0.3 is 0 Å². The van der Waals surface area contributed by atoms with Gasteiger partial charge in [-0.1, -0.05) is 17.7 Å². The zero-order chi connectivity index (χ0) is 17.3. The van der Waals surface area contributed by atoms with Crippen molar-refractivity contribution >= 4 is 28.9 Å². The standard InChI is InChI=1S/C17H15ClN2O4/c1-11-2-4-14(18)16(8-11)24-10-17(21)19-7-6-12-9-13(20(22)23)3-5-15(12)19/h2-5,8-9H,6-7,10H2,1H3. The van der Waals surface area contributed by atoms with E-state index in [2.05, 4.69) is 0 Å². The van der Waals surface area contributed by atoms with Crippen LogP contribution in [0.1, 0.15) is 11.1 Å². The molecule has 0 spiro atoms. The number of hydrogen-bond acceptors (Lipinski definition) is 4. The van der Waals surface area contributed by atoms with Crippen LogP contribution in [0, 0.1) is 17.0 Å². The first-order valence-electron chi connectivity index (χ1n) is 7.42. The Labute approximate surface area is 143 Å². The molecule has 124 valence electrons. The molecule has 6 nitrogen and oxygen atoms in total. The zero-order valence-electron chi connectivity index (χ0n) is 13.0. The molecule has 1 amide bonds. The number of anilines is 1. The highest BCUT2D eigenvalue weighted by atomic mass is 35.5. The van der Waals surface area contributed by atoms with Gasteiger partial charge in [-0.05, 0) is 42.7 Å². The largest absolute Gasteiger partial charge is 0.482 e. The minimum atomic E-state index is -0.437. The number of hydrogen-bond donors (Lipinski definition) is 0. The molecule has 0 saturated carbocycles. The first-order chi connectivity index (χ1) is 11.5. The SMILES string of the molecule is Cc1ccc(Cl)c(OCC(=O)N2CCc3cc([N+](=O)[O-])ccc32)c1. The van der Waals surface area contributed by atoms with Crippen molar-refractivity contribution < 1.29 is 14.5 Å². The molecule has 2 aromatic carbocycles. The summed E-state index contributed by atoms with van der Waals surface area (Å²) in [5.41, 5.74) is 2.52. The van der Waals surface area contributed by atoms with E-state index in [-0.39, 0.29) is 18.2 Å². The molecule has 7 heteroatoms. The number of aryl methyl sites for hydroxylation is 1. The molecule has 0 atom stereocenters. The van der Waals surface area contributed by atoms with E-state index in [1.165, 1.54) is 12.1 Å². The van der Waals surface area contributed by atoms with E-state index in [0.717, 1.165) is 11.1 Å². The molecule has 2 aromatic rings. The maximum absolute atomic E-state index is 12.4. The van der Waals surface area contributed by atoms with Gasteiger partial charge in [0.25, 0.3) is 11.6 Å². The van der Waals surface area contributed by atoms with E-state index in [1.807, 2.05) is 13.0 Å². The van der Waals surface area contributed by atoms with Gasteiger partial charge in [0.15, 0.2) is 6.61 Å². The number of rotatable bonds is 4. The van der Waals surface area contributed by atoms with Gasteiger partial charge in [0.05, 0.1) is 9.95 Å². The second-order valence-corrected chi connectivity index (χ2v) is 6.00. The Hall–Kier alpha value is -2.60. The monoisotopic (exact) mass is 346 g/mol. The summed E-state index contributed by atoms with van der Waals surface area (Å²) in [6, 6.07) is 9.89.